The fraction of sp³-hybridized carbons (Fsp3) is 0.235. The van der Waals surface area contributed by atoms with Crippen LogP contribution in [0.25, 0.3) is 0 Å². The van der Waals surface area contributed by atoms with Crippen LogP contribution in [0.15, 0.2) is 60.7 Å². The van der Waals surface area contributed by atoms with Gasteiger partial charge in [0.1, 0.15) is 0 Å². The second-order valence-corrected chi connectivity index (χ2v) is 5.00. The van der Waals surface area contributed by atoms with Crippen LogP contribution in [0.2, 0.25) is 0 Å². The van der Waals surface area contributed by atoms with Gasteiger partial charge in [0.25, 0.3) is 0 Å². The maximum atomic E-state index is 12.4. The number of hydrogen-bond acceptors (Lipinski definition) is 1. The summed E-state index contributed by atoms with van der Waals surface area (Å²) < 4.78 is 0. The lowest BCUT2D eigenvalue weighted by Crippen LogP contribution is -2.26. The number of amides is 1. The first-order chi connectivity index (χ1) is 9.34. The number of benzene rings is 2. The van der Waals surface area contributed by atoms with Crippen molar-refractivity contribution < 1.29 is 4.79 Å². The molecule has 1 heterocycles. The average Bonchev–Trinajstić information content (AvgIpc) is 2.82. The summed E-state index contributed by atoms with van der Waals surface area (Å²) in [5, 5.41) is 0. The highest BCUT2D eigenvalue weighted by Gasteiger charge is 2.32. The predicted molar refractivity (Wildman–Crippen MR) is 75.7 cm³/mol. The summed E-state index contributed by atoms with van der Waals surface area (Å²) in [6.07, 6.45) is 0.926. The third-order valence-electron chi connectivity index (χ3n) is 3.72. The van der Waals surface area contributed by atoms with E-state index in [-0.39, 0.29) is 11.8 Å². The Kier molecular flexibility index (Phi) is 3.32. The van der Waals surface area contributed by atoms with E-state index in [1.165, 1.54) is 5.56 Å². The zero-order valence-electron chi connectivity index (χ0n) is 10.8. The highest BCUT2D eigenvalue weighted by molar-refractivity contribution is 5.85. The lowest BCUT2D eigenvalue weighted by Gasteiger charge is -2.17. The SMILES string of the molecule is O=C1[C@H](c2ccccc2)CCN1Cc1ccccc1. The molecule has 0 bridgehead atoms. The van der Waals surface area contributed by atoms with Crippen LogP contribution in [-0.4, -0.2) is 17.4 Å². The maximum absolute atomic E-state index is 12.4. The Labute approximate surface area is 113 Å². The molecule has 0 N–H and O–H groups in total. The second-order valence-electron chi connectivity index (χ2n) is 5.00. The average molecular weight is 251 g/mol. The van der Waals surface area contributed by atoms with Crippen molar-refractivity contribution in [3.05, 3.63) is 71.8 Å². The van der Waals surface area contributed by atoms with Crippen LogP contribution in [0.5, 0.6) is 0 Å². The molecule has 1 aliphatic rings. The number of carbonyl (C=O) groups excluding carboxylic acids is 1. The molecule has 2 aromatic carbocycles. The van der Waals surface area contributed by atoms with E-state index >= 15 is 0 Å². The van der Waals surface area contributed by atoms with Gasteiger partial charge in [-0.2, -0.15) is 0 Å². The van der Waals surface area contributed by atoms with Gasteiger partial charge in [0, 0.05) is 13.1 Å². The van der Waals surface area contributed by atoms with Crippen molar-refractivity contribution >= 4 is 5.91 Å². The van der Waals surface area contributed by atoms with E-state index in [0.29, 0.717) is 0 Å². The smallest absolute Gasteiger partial charge is 0.230 e. The minimum absolute atomic E-state index is 0.0462. The number of likely N-dealkylation sites (tertiary alicyclic amines) is 1. The molecular formula is C17H17NO. The van der Waals surface area contributed by atoms with Crippen molar-refractivity contribution in [2.24, 2.45) is 0 Å². The lowest BCUT2D eigenvalue weighted by atomic mass is 9.98. The molecule has 0 aromatic heterocycles. The van der Waals surface area contributed by atoms with Crippen LogP contribution in [0.3, 0.4) is 0 Å². The molecule has 2 nitrogen and oxygen atoms in total. The standard InChI is InChI=1S/C17H17NO/c19-17-16(15-9-5-2-6-10-15)11-12-18(17)13-14-7-3-1-4-8-14/h1-10,16H,11-13H2/t16-/m0/s1. The molecule has 3 rings (SSSR count). The molecule has 1 amide bonds. The van der Waals surface area contributed by atoms with Gasteiger partial charge >= 0.3 is 0 Å². The fourth-order valence-corrected chi connectivity index (χ4v) is 2.69. The van der Waals surface area contributed by atoms with Gasteiger partial charge in [-0.25, -0.2) is 0 Å². The number of rotatable bonds is 3. The van der Waals surface area contributed by atoms with Crippen LogP contribution in [0.4, 0.5) is 0 Å². The van der Waals surface area contributed by atoms with Crippen LogP contribution in [0, 0.1) is 0 Å². The number of carbonyl (C=O) groups is 1. The third-order valence-corrected chi connectivity index (χ3v) is 3.72. The topological polar surface area (TPSA) is 20.3 Å². The Morgan fingerprint density at radius 3 is 2.26 bits per heavy atom. The monoisotopic (exact) mass is 251 g/mol. The summed E-state index contributed by atoms with van der Waals surface area (Å²) in [7, 11) is 0. The first-order valence-corrected chi connectivity index (χ1v) is 6.72. The van der Waals surface area contributed by atoms with E-state index in [0.717, 1.165) is 25.1 Å². The van der Waals surface area contributed by atoms with Crippen molar-refractivity contribution in [1.82, 2.24) is 4.90 Å². The molecule has 1 atom stereocenters. The van der Waals surface area contributed by atoms with E-state index < -0.39 is 0 Å². The normalized spacial score (nSPS) is 18.8. The summed E-state index contributed by atoms with van der Waals surface area (Å²) in [4.78, 5) is 14.4. The minimum Gasteiger partial charge on any atom is -0.338 e. The van der Waals surface area contributed by atoms with Gasteiger partial charge in [0.05, 0.1) is 5.92 Å². The van der Waals surface area contributed by atoms with Gasteiger partial charge in [0.15, 0.2) is 0 Å². The van der Waals surface area contributed by atoms with Crippen molar-refractivity contribution in [3.63, 3.8) is 0 Å². The summed E-state index contributed by atoms with van der Waals surface area (Å²) in [6.45, 7) is 1.58. The summed E-state index contributed by atoms with van der Waals surface area (Å²) in [6, 6.07) is 20.3. The fourth-order valence-electron chi connectivity index (χ4n) is 2.69. The van der Waals surface area contributed by atoms with E-state index in [2.05, 4.69) is 24.3 Å². The molecule has 0 radical (unpaired) electrons. The molecule has 0 aliphatic carbocycles. The molecule has 96 valence electrons. The molecule has 1 saturated heterocycles. The van der Waals surface area contributed by atoms with Crippen LogP contribution in [0.1, 0.15) is 23.5 Å². The second kappa shape index (κ2) is 5.27. The Morgan fingerprint density at radius 1 is 0.947 bits per heavy atom. The first-order valence-electron chi connectivity index (χ1n) is 6.72. The summed E-state index contributed by atoms with van der Waals surface area (Å²) in [5.41, 5.74) is 2.34. The molecule has 2 heteroatoms. The third kappa shape index (κ3) is 2.53. The first kappa shape index (κ1) is 12.0. The minimum atomic E-state index is 0.0462. The molecular weight excluding hydrogens is 234 g/mol. The van der Waals surface area contributed by atoms with Crippen LogP contribution in [-0.2, 0) is 11.3 Å². The highest BCUT2D eigenvalue weighted by atomic mass is 16.2. The molecule has 0 spiro atoms. The van der Waals surface area contributed by atoms with Gasteiger partial charge in [-0.05, 0) is 17.5 Å². The number of hydrogen-bond donors (Lipinski definition) is 0. The van der Waals surface area contributed by atoms with E-state index in [4.69, 9.17) is 0 Å². The van der Waals surface area contributed by atoms with E-state index in [1.54, 1.807) is 0 Å². The Bertz CT molecular complexity index is 550. The van der Waals surface area contributed by atoms with Gasteiger partial charge in [-0.3, -0.25) is 4.79 Å². The Morgan fingerprint density at radius 2 is 1.58 bits per heavy atom. The van der Waals surface area contributed by atoms with Crippen molar-refractivity contribution in [3.8, 4) is 0 Å². The van der Waals surface area contributed by atoms with E-state index in [1.807, 2.05) is 41.3 Å². The predicted octanol–water partition coefficient (Wildman–Crippen LogP) is 3.20. The lowest BCUT2D eigenvalue weighted by molar-refractivity contribution is -0.129. The maximum Gasteiger partial charge on any atom is 0.230 e. The molecule has 19 heavy (non-hydrogen) atoms. The highest BCUT2D eigenvalue weighted by Crippen LogP contribution is 2.29. The van der Waals surface area contributed by atoms with Crippen molar-refractivity contribution in [2.75, 3.05) is 6.54 Å². The van der Waals surface area contributed by atoms with Crippen LogP contribution >= 0.6 is 0 Å². The van der Waals surface area contributed by atoms with Gasteiger partial charge in [0.2, 0.25) is 5.91 Å². The van der Waals surface area contributed by atoms with E-state index in [9.17, 15) is 4.79 Å². The molecule has 2 aromatic rings. The largest absolute Gasteiger partial charge is 0.338 e. The zero-order valence-corrected chi connectivity index (χ0v) is 10.8. The van der Waals surface area contributed by atoms with Gasteiger partial charge in [-0.1, -0.05) is 60.7 Å². The molecule has 0 saturated carbocycles. The quantitative estimate of drug-likeness (QED) is 0.820. The van der Waals surface area contributed by atoms with Crippen molar-refractivity contribution in [1.29, 1.82) is 0 Å². The number of nitrogens with zero attached hydrogens (tertiary/aromatic N) is 1. The van der Waals surface area contributed by atoms with Gasteiger partial charge in [-0.15, -0.1) is 0 Å². The Balaban J connectivity index is 1.73. The van der Waals surface area contributed by atoms with Crippen molar-refractivity contribution in [2.45, 2.75) is 18.9 Å². The Hall–Kier alpha value is -2.09. The van der Waals surface area contributed by atoms with Gasteiger partial charge < -0.3 is 4.90 Å². The summed E-state index contributed by atoms with van der Waals surface area (Å²) in [5.74, 6) is 0.306. The zero-order chi connectivity index (χ0) is 13.1. The molecule has 0 unspecified atom stereocenters. The molecule has 1 aliphatic heterocycles. The molecule has 1 fully saturated rings. The van der Waals surface area contributed by atoms with Crippen LogP contribution < -0.4 is 0 Å². The summed E-state index contributed by atoms with van der Waals surface area (Å²) >= 11 is 0.